The minimum Gasteiger partial charge on any atom is -0.356 e. The third kappa shape index (κ3) is 4.64. The Hall–Kier alpha value is -1.06. The first-order chi connectivity index (χ1) is 7.74. The van der Waals surface area contributed by atoms with Gasteiger partial charge < -0.3 is 11.1 Å². The van der Waals surface area contributed by atoms with E-state index in [1.807, 2.05) is 18.2 Å². The Morgan fingerprint density at radius 2 is 2.06 bits per heavy atom. The van der Waals surface area contributed by atoms with Crippen LogP contribution in [0.25, 0.3) is 0 Å². The van der Waals surface area contributed by atoms with Gasteiger partial charge in [0.25, 0.3) is 0 Å². The zero-order valence-electron chi connectivity index (χ0n) is 9.21. The zero-order valence-corrected chi connectivity index (χ0v) is 9.96. The SMILES string of the molecule is NCCCCNC(=O)Cc1ccccc1Cl. The molecule has 0 aliphatic carbocycles. The van der Waals surface area contributed by atoms with Crippen molar-refractivity contribution in [2.45, 2.75) is 19.3 Å². The monoisotopic (exact) mass is 240 g/mol. The Morgan fingerprint density at radius 1 is 1.31 bits per heavy atom. The van der Waals surface area contributed by atoms with Crippen molar-refractivity contribution in [3.05, 3.63) is 34.9 Å². The molecule has 16 heavy (non-hydrogen) atoms. The van der Waals surface area contributed by atoms with Gasteiger partial charge in [0.05, 0.1) is 6.42 Å². The molecule has 0 fully saturated rings. The minimum atomic E-state index is 0.00474. The van der Waals surface area contributed by atoms with Crippen molar-refractivity contribution in [1.82, 2.24) is 5.32 Å². The molecule has 0 heterocycles. The second-order valence-corrected chi connectivity index (χ2v) is 4.02. The van der Waals surface area contributed by atoms with Crippen molar-refractivity contribution in [2.24, 2.45) is 5.73 Å². The second-order valence-electron chi connectivity index (χ2n) is 3.61. The van der Waals surface area contributed by atoms with E-state index in [2.05, 4.69) is 5.32 Å². The number of carbonyl (C=O) groups is 1. The van der Waals surface area contributed by atoms with Gasteiger partial charge in [-0.25, -0.2) is 0 Å². The summed E-state index contributed by atoms with van der Waals surface area (Å²) in [4.78, 5) is 11.5. The van der Waals surface area contributed by atoms with Crippen LogP contribution >= 0.6 is 11.6 Å². The Balaban J connectivity index is 2.32. The van der Waals surface area contributed by atoms with E-state index in [1.165, 1.54) is 0 Å². The maximum absolute atomic E-state index is 11.5. The highest BCUT2D eigenvalue weighted by atomic mass is 35.5. The van der Waals surface area contributed by atoms with Crippen LogP contribution in [0, 0.1) is 0 Å². The van der Waals surface area contributed by atoms with Crippen LogP contribution < -0.4 is 11.1 Å². The van der Waals surface area contributed by atoms with Gasteiger partial charge >= 0.3 is 0 Å². The van der Waals surface area contributed by atoms with Gasteiger partial charge in [0.2, 0.25) is 5.91 Å². The Morgan fingerprint density at radius 3 is 2.75 bits per heavy atom. The first-order valence-electron chi connectivity index (χ1n) is 5.44. The van der Waals surface area contributed by atoms with E-state index in [0.29, 0.717) is 24.5 Å². The average molecular weight is 241 g/mol. The van der Waals surface area contributed by atoms with E-state index in [1.54, 1.807) is 6.07 Å². The van der Waals surface area contributed by atoms with E-state index >= 15 is 0 Å². The van der Waals surface area contributed by atoms with Gasteiger partial charge in [0.15, 0.2) is 0 Å². The van der Waals surface area contributed by atoms with E-state index in [-0.39, 0.29) is 5.91 Å². The first-order valence-corrected chi connectivity index (χ1v) is 5.82. The van der Waals surface area contributed by atoms with Crippen molar-refractivity contribution >= 4 is 17.5 Å². The topological polar surface area (TPSA) is 55.1 Å². The van der Waals surface area contributed by atoms with Crippen LogP contribution in [0.4, 0.5) is 0 Å². The summed E-state index contributed by atoms with van der Waals surface area (Å²) < 4.78 is 0. The number of benzene rings is 1. The molecule has 1 amide bonds. The molecule has 1 aromatic carbocycles. The first kappa shape index (κ1) is 13.0. The maximum Gasteiger partial charge on any atom is 0.224 e. The average Bonchev–Trinajstić information content (AvgIpc) is 2.28. The van der Waals surface area contributed by atoms with Crippen molar-refractivity contribution < 1.29 is 4.79 Å². The third-order valence-corrected chi connectivity index (χ3v) is 2.63. The fourth-order valence-corrected chi connectivity index (χ4v) is 1.58. The molecule has 0 saturated heterocycles. The molecule has 1 rings (SSSR count). The molecule has 0 unspecified atom stereocenters. The quantitative estimate of drug-likeness (QED) is 0.745. The lowest BCUT2D eigenvalue weighted by Gasteiger charge is -2.05. The van der Waals surface area contributed by atoms with Gasteiger partial charge in [-0.05, 0) is 31.0 Å². The number of amides is 1. The number of carbonyl (C=O) groups excluding carboxylic acids is 1. The van der Waals surface area contributed by atoms with Crippen molar-refractivity contribution in [3.63, 3.8) is 0 Å². The molecule has 4 heteroatoms. The van der Waals surface area contributed by atoms with Crippen LogP contribution in [0.5, 0.6) is 0 Å². The molecular weight excluding hydrogens is 224 g/mol. The molecule has 0 spiro atoms. The van der Waals surface area contributed by atoms with E-state index < -0.39 is 0 Å². The van der Waals surface area contributed by atoms with Crippen LogP contribution in [-0.4, -0.2) is 19.0 Å². The van der Waals surface area contributed by atoms with Gasteiger partial charge in [0.1, 0.15) is 0 Å². The Bertz CT molecular complexity index is 342. The number of hydrogen-bond donors (Lipinski definition) is 2. The molecule has 0 aromatic heterocycles. The van der Waals surface area contributed by atoms with Crippen molar-refractivity contribution in [1.29, 1.82) is 0 Å². The van der Waals surface area contributed by atoms with Crippen molar-refractivity contribution in [2.75, 3.05) is 13.1 Å². The summed E-state index contributed by atoms with van der Waals surface area (Å²) in [6.07, 6.45) is 2.19. The van der Waals surface area contributed by atoms with E-state index in [9.17, 15) is 4.79 Å². The molecular formula is C12H17ClN2O. The van der Waals surface area contributed by atoms with Gasteiger partial charge in [-0.15, -0.1) is 0 Å². The number of halogens is 1. The van der Waals surface area contributed by atoms with Gasteiger partial charge in [-0.1, -0.05) is 29.8 Å². The standard InChI is InChI=1S/C12H17ClN2O/c13-11-6-2-1-5-10(11)9-12(16)15-8-4-3-7-14/h1-2,5-6H,3-4,7-9,14H2,(H,15,16). The summed E-state index contributed by atoms with van der Waals surface area (Å²) in [5.74, 6) is 0.00474. The number of nitrogens with one attached hydrogen (secondary N) is 1. The highest BCUT2D eigenvalue weighted by Gasteiger charge is 2.05. The molecule has 0 saturated carbocycles. The summed E-state index contributed by atoms with van der Waals surface area (Å²) in [6, 6.07) is 7.38. The predicted molar refractivity (Wildman–Crippen MR) is 66.5 cm³/mol. The molecule has 0 aliphatic rings. The molecule has 1 aromatic rings. The van der Waals surface area contributed by atoms with Crippen LogP contribution in [0.15, 0.2) is 24.3 Å². The van der Waals surface area contributed by atoms with E-state index in [4.69, 9.17) is 17.3 Å². The van der Waals surface area contributed by atoms with E-state index in [0.717, 1.165) is 18.4 Å². The molecule has 0 atom stereocenters. The summed E-state index contributed by atoms with van der Waals surface area (Å²) in [6.45, 7) is 1.35. The van der Waals surface area contributed by atoms with Crippen LogP contribution in [0.1, 0.15) is 18.4 Å². The summed E-state index contributed by atoms with van der Waals surface area (Å²) in [5.41, 5.74) is 6.22. The number of unbranched alkanes of at least 4 members (excludes halogenated alkanes) is 1. The molecule has 0 bridgehead atoms. The fraction of sp³-hybridized carbons (Fsp3) is 0.417. The largest absolute Gasteiger partial charge is 0.356 e. The molecule has 3 N–H and O–H groups in total. The number of hydrogen-bond acceptors (Lipinski definition) is 2. The van der Waals surface area contributed by atoms with Crippen molar-refractivity contribution in [3.8, 4) is 0 Å². The normalized spacial score (nSPS) is 10.1. The van der Waals surface area contributed by atoms with Crippen LogP contribution in [0.3, 0.4) is 0 Å². The van der Waals surface area contributed by atoms with Gasteiger partial charge in [-0.2, -0.15) is 0 Å². The van der Waals surface area contributed by atoms with Gasteiger partial charge in [-0.3, -0.25) is 4.79 Å². The second kappa shape index (κ2) is 7.25. The number of rotatable bonds is 6. The highest BCUT2D eigenvalue weighted by molar-refractivity contribution is 6.31. The lowest BCUT2D eigenvalue weighted by molar-refractivity contribution is -0.120. The molecule has 0 aliphatic heterocycles. The van der Waals surface area contributed by atoms with Crippen LogP contribution in [0.2, 0.25) is 5.02 Å². The zero-order chi connectivity index (χ0) is 11.8. The highest BCUT2D eigenvalue weighted by Crippen LogP contribution is 2.15. The third-order valence-electron chi connectivity index (χ3n) is 2.26. The van der Waals surface area contributed by atoms with Crippen LogP contribution in [-0.2, 0) is 11.2 Å². The Kier molecular flexibility index (Phi) is 5.90. The summed E-state index contributed by atoms with van der Waals surface area (Å²) in [7, 11) is 0. The lowest BCUT2D eigenvalue weighted by Crippen LogP contribution is -2.26. The predicted octanol–water partition coefficient (Wildman–Crippen LogP) is 1.74. The van der Waals surface area contributed by atoms with Gasteiger partial charge in [0, 0.05) is 11.6 Å². The number of nitrogens with two attached hydrogens (primary N) is 1. The molecule has 0 radical (unpaired) electrons. The lowest BCUT2D eigenvalue weighted by atomic mass is 10.1. The Labute approximate surface area is 101 Å². The molecule has 88 valence electrons. The summed E-state index contributed by atoms with van der Waals surface area (Å²) in [5, 5.41) is 3.48. The molecule has 3 nitrogen and oxygen atoms in total. The summed E-state index contributed by atoms with van der Waals surface area (Å²) >= 11 is 5.96. The smallest absolute Gasteiger partial charge is 0.224 e. The fourth-order valence-electron chi connectivity index (χ4n) is 1.37. The maximum atomic E-state index is 11.5. The minimum absolute atomic E-state index is 0.00474.